The molecule has 0 aliphatic rings. The molecule has 0 rings (SSSR count). The molecule has 0 N–H and O–H groups in total. The van der Waals surface area contributed by atoms with Gasteiger partial charge in [0.2, 0.25) is 0 Å². The Hall–Kier alpha value is -0.0800. The molecule has 0 heterocycles. The van der Waals surface area contributed by atoms with E-state index >= 15 is 0 Å². The van der Waals surface area contributed by atoms with Crippen molar-refractivity contribution in [1.82, 2.24) is 5.90 Å². The molecule has 0 aromatic heterocycles. The minimum Gasteiger partial charge on any atom is -0.263 e. The van der Waals surface area contributed by atoms with E-state index in [-0.39, 0.29) is 0 Å². The van der Waals surface area contributed by atoms with Crippen molar-refractivity contribution in [3.63, 3.8) is 0 Å². The fourth-order valence-corrected chi connectivity index (χ4v) is 0.310. The van der Waals surface area contributed by atoms with Crippen LogP contribution in [0.25, 0.3) is 0 Å². The highest BCUT2D eigenvalue weighted by Crippen LogP contribution is 2.08. The number of rotatable bonds is 3. The van der Waals surface area contributed by atoms with Crippen molar-refractivity contribution in [2.45, 2.75) is 20.8 Å². The molecule has 0 aliphatic heterocycles. The molecule has 0 aliphatic carbocycles. The lowest BCUT2D eigenvalue weighted by Gasteiger charge is -2.11. The van der Waals surface area contributed by atoms with Gasteiger partial charge in [0.1, 0.15) is 0 Å². The topological polar surface area (TPSA) is 31.5 Å². The second-order valence-electron chi connectivity index (χ2n) is 2.52. The molecule has 0 amide bonds. The fourth-order valence-electron chi connectivity index (χ4n) is 0.310. The Labute approximate surface area is 51.0 Å². The van der Waals surface area contributed by atoms with E-state index in [0.717, 1.165) is 0 Å². The summed E-state index contributed by atoms with van der Waals surface area (Å²) < 4.78 is 0. The molecule has 1 atom stereocenters. The maximum absolute atomic E-state index is 7.99. The van der Waals surface area contributed by atoms with Gasteiger partial charge in [0.05, 0.1) is 6.61 Å². The van der Waals surface area contributed by atoms with E-state index in [1.165, 1.54) is 0 Å². The quantitative estimate of drug-likeness (QED) is 0.510. The molecule has 0 saturated heterocycles. The molecule has 0 fully saturated rings. The Bertz CT molecular complexity index is 54.5. The van der Waals surface area contributed by atoms with Gasteiger partial charge in [-0.15, -0.1) is 0 Å². The first-order valence-electron chi connectivity index (χ1n) is 2.94. The van der Waals surface area contributed by atoms with Crippen LogP contribution in [0, 0.1) is 11.8 Å². The third kappa shape index (κ3) is 2.99. The second-order valence-corrected chi connectivity index (χ2v) is 2.52. The molecule has 2 nitrogen and oxygen atoms in total. The van der Waals surface area contributed by atoms with E-state index in [1.807, 2.05) is 6.92 Å². The Morgan fingerprint density at radius 2 is 1.88 bits per heavy atom. The first-order valence-corrected chi connectivity index (χ1v) is 2.94. The summed E-state index contributed by atoms with van der Waals surface area (Å²) in [7, 11) is 0. The van der Waals surface area contributed by atoms with Gasteiger partial charge in [-0.05, 0) is 11.8 Å². The molecular weight excluding hydrogens is 102 g/mol. The summed E-state index contributed by atoms with van der Waals surface area (Å²) in [6, 6.07) is 0. The fraction of sp³-hybridized carbons (Fsp3) is 1.00. The van der Waals surface area contributed by atoms with E-state index in [1.54, 1.807) is 0 Å². The average Bonchev–Trinajstić information content (AvgIpc) is 1.67. The number of hydrogen-bond acceptors (Lipinski definition) is 1. The summed E-state index contributed by atoms with van der Waals surface area (Å²) in [6.07, 6.45) is 0. The Morgan fingerprint density at radius 1 is 1.38 bits per heavy atom. The van der Waals surface area contributed by atoms with Gasteiger partial charge in [-0.3, -0.25) is 4.84 Å². The van der Waals surface area contributed by atoms with Gasteiger partial charge in [-0.25, -0.2) is 0 Å². The highest BCUT2D eigenvalue weighted by atomic mass is 16.6. The lowest BCUT2D eigenvalue weighted by molar-refractivity contribution is 0.0754. The van der Waals surface area contributed by atoms with E-state index in [9.17, 15) is 0 Å². The predicted molar refractivity (Wildman–Crippen MR) is 32.1 cm³/mol. The van der Waals surface area contributed by atoms with Crippen molar-refractivity contribution in [3.05, 3.63) is 0 Å². The van der Waals surface area contributed by atoms with Crippen LogP contribution in [0.1, 0.15) is 20.8 Å². The molecule has 0 spiro atoms. The van der Waals surface area contributed by atoms with Crippen molar-refractivity contribution in [2.75, 3.05) is 6.61 Å². The lowest BCUT2D eigenvalue weighted by atomic mass is 10.00. The molecule has 0 saturated carbocycles. The predicted octanol–water partition coefficient (Wildman–Crippen LogP) is 1.28. The molecule has 0 bridgehead atoms. The Kier molecular flexibility index (Phi) is 3.83. The second kappa shape index (κ2) is 3.87. The summed E-state index contributed by atoms with van der Waals surface area (Å²) >= 11 is 0. The van der Waals surface area contributed by atoms with E-state index in [2.05, 4.69) is 18.7 Å². The van der Waals surface area contributed by atoms with Crippen LogP contribution in [-0.4, -0.2) is 6.61 Å². The molecule has 1 unspecified atom stereocenters. The van der Waals surface area contributed by atoms with Crippen molar-refractivity contribution in [3.8, 4) is 0 Å². The normalized spacial score (nSPS) is 14.6. The number of nitrogens with zero attached hydrogens (tertiary/aromatic N) is 1. The van der Waals surface area contributed by atoms with Crippen LogP contribution in [0.5, 0.6) is 0 Å². The zero-order chi connectivity index (χ0) is 6.57. The minimum atomic E-state index is 0.442. The van der Waals surface area contributed by atoms with E-state index in [4.69, 9.17) is 5.90 Å². The molecule has 0 aromatic rings. The van der Waals surface area contributed by atoms with Crippen LogP contribution in [-0.2, 0) is 4.84 Å². The maximum Gasteiger partial charge on any atom is 0.0747 e. The van der Waals surface area contributed by atoms with Gasteiger partial charge >= 0.3 is 0 Å². The van der Waals surface area contributed by atoms with E-state index < -0.39 is 0 Å². The smallest absolute Gasteiger partial charge is 0.0747 e. The van der Waals surface area contributed by atoms with Gasteiger partial charge in [0, 0.05) is 5.90 Å². The highest BCUT2D eigenvalue weighted by Gasteiger charge is 2.05. The largest absolute Gasteiger partial charge is 0.263 e. The molecule has 8 heavy (non-hydrogen) atoms. The van der Waals surface area contributed by atoms with E-state index in [0.29, 0.717) is 18.4 Å². The van der Waals surface area contributed by atoms with Crippen LogP contribution in [0.15, 0.2) is 0 Å². The summed E-state index contributed by atoms with van der Waals surface area (Å²) in [6.45, 7) is 6.69. The SMILES string of the molecule is CC(C)C(C)CO[N]. The van der Waals surface area contributed by atoms with Gasteiger partial charge in [-0.2, -0.15) is 0 Å². The Morgan fingerprint density at radius 3 is 2.00 bits per heavy atom. The van der Waals surface area contributed by atoms with Crippen molar-refractivity contribution in [2.24, 2.45) is 11.8 Å². The monoisotopic (exact) mass is 115 g/mol. The van der Waals surface area contributed by atoms with Crippen molar-refractivity contribution in [1.29, 1.82) is 0 Å². The third-order valence-corrected chi connectivity index (χ3v) is 1.48. The van der Waals surface area contributed by atoms with Crippen molar-refractivity contribution < 1.29 is 4.84 Å². The molecular formula is C6H13NO. The van der Waals surface area contributed by atoms with Gasteiger partial charge in [0.15, 0.2) is 0 Å². The molecule has 2 heteroatoms. The van der Waals surface area contributed by atoms with Gasteiger partial charge in [-0.1, -0.05) is 20.8 Å². The third-order valence-electron chi connectivity index (χ3n) is 1.48. The highest BCUT2D eigenvalue weighted by molar-refractivity contribution is 4.53. The zero-order valence-electron chi connectivity index (χ0n) is 5.72. The van der Waals surface area contributed by atoms with Crippen molar-refractivity contribution >= 4 is 0 Å². The first-order chi connectivity index (χ1) is 3.68. The van der Waals surface area contributed by atoms with Gasteiger partial charge < -0.3 is 0 Å². The molecule has 0 aromatic carbocycles. The van der Waals surface area contributed by atoms with Crippen LogP contribution >= 0.6 is 0 Å². The van der Waals surface area contributed by atoms with Crippen LogP contribution in [0.3, 0.4) is 0 Å². The summed E-state index contributed by atoms with van der Waals surface area (Å²) in [5, 5.41) is 0. The average molecular weight is 115 g/mol. The number of hydrogen-bond donors (Lipinski definition) is 0. The molecule has 2 radical (unpaired) electrons. The first kappa shape index (κ1) is 7.92. The zero-order valence-corrected chi connectivity index (χ0v) is 5.72. The lowest BCUT2D eigenvalue weighted by Crippen LogP contribution is -2.10. The van der Waals surface area contributed by atoms with Crippen LogP contribution in [0.2, 0.25) is 0 Å². The maximum atomic E-state index is 7.99. The summed E-state index contributed by atoms with van der Waals surface area (Å²) in [4.78, 5) is 3.96. The minimum absolute atomic E-state index is 0.442. The molecule has 48 valence electrons. The summed E-state index contributed by atoms with van der Waals surface area (Å²) in [5.74, 6) is 9.02. The van der Waals surface area contributed by atoms with Crippen LogP contribution < -0.4 is 5.90 Å². The van der Waals surface area contributed by atoms with Crippen LogP contribution in [0.4, 0.5) is 0 Å². The Balaban J connectivity index is 3.17. The summed E-state index contributed by atoms with van der Waals surface area (Å²) in [5.41, 5.74) is 0. The standard InChI is InChI=1S/C6H13NO/c1-5(2)6(3)4-8-7/h5-6H,4H2,1-3H3. The van der Waals surface area contributed by atoms with Gasteiger partial charge in [0.25, 0.3) is 0 Å².